The van der Waals surface area contributed by atoms with E-state index in [4.69, 9.17) is 4.74 Å². The van der Waals surface area contributed by atoms with Gasteiger partial charge in [0.05, 0.1) is 16.5 Å². The molecule has 18 heavy (non-hydrogen) atoms. The maximum absolute atomic E-state index is 5.82. The molecule has 0 amide bonds. The van der Waals surface area contributed by atoms with Crippen molar-refractivity contribution in [2.45, 2.75) is 51.8 Å². The lowest BCUT2D eigenvalue weighted by Gasteiger charge is -2.31. The second-order valence-corrected chi connectivity index (χ2v) is 6.98. The van der Waals surface area contributed by atoms with Crippen molar-refractivity contribution in [3.63, 3.8) is 0 Å². The predicted octanol–water partition coefficient (Wildman–Crippen LogP) is 3.59. The number of nitrogens with zero attached hydrogens (tertiary/aromatic N) is 1. The van der Waals surface area contributed by atoms with Crippen LogP contribution in [0.3, 0.4) is 0 Å². The molecular formula is C13H21BrN2OS. The third-order valence-corrected chi connectivity index (χ3v) is 5.02. The minimum atomic E-state index is 0.432. The molecule has 1 fully saturated rings. The van der Waals surface area contributed by atoms with Gasteiger partial charge in [0.2, 0.25) is 0 Å². The highest BCUT2D eigenvalue weighted by molar-refractivity contribution is 9.10. The normalized spacial score (nSPS) is 24.7. The number of hydrogen-bond acceptors (Lipinski definition) is 4. The Morgan fingerprint density at radius 2 is 2.44 bits per heavy atom. The number of aromatic nitrogens is 1. The summed E-state index contributed by atoms with van der Waals surface area (Å²) in [5.41, 5.74) is 1.88. The molecule has 1 saturated heterocycles. The molecule has 102 valence electrons. The highest BCUT2D eigenvalue weighted by atomic mass is 79.9. The highest BCUT2D eigenvalue weighted by Crippen LogP contribution is 2.22. The number of thiazole rings is 1. The van der Waals surface area contributed by atoms with Crippen LogP contribution in [0, 0.1) is 5.92 Å². The lowest BCUT2D eigenvalue weighted by Crippen LogP contribution is -2.39. The molecule has 1 aromatic heterocycles. The fourth-order valence-electron chi connectivity index (χ4n) is 2.36. The Bertz CT molecular complexity index is 370. The zero-order valence-corrected chi connectivity index (χ0v) is 13.4. The van der Waals surface area contributed by atoms with Gasteiger partial charge >= 0.3 is 0 Å². The molecule has 5 heteroatoms. The Morgan fingerprint density at radius 1 is 1.61 bits per heavy atom. The molecule has 0 spiro atoms. The van der Waals surface area contributed by atoms with Crippen LogP contribution in [-0.4, -0.2) is 23.7 Å². The largest absolute Gasteiger partial charge is 0.378 e. The third-order valence-electron chi connectivity index (χ3n) is 3.24. The minimum Gasteiger partial charge on any atom is -0.378 e. The van der Waals surface area contributed by atoms with Crippen LogP contribution in [-0.2, 0) is 11.3 Å². The van der Waals surface area contributed by atoms with Gasteiger partial charge in [-0.2, -0.15) is 0 Å². The molecule has 1 aromatic rings. The summed E-state index contributed by atoms with van der Waals surface area (Å²) in [6.45, 7) is 6.31. The van der Waals surface area contributed by atoms with Gasteiger partial charge in [-0.05, 0) is 41.1 Å². The molecule has 0 aliphatic carbocycles. The Balaban J connectivity index is 1.77. The van der Waals surface area contributed by atoms with Gasteiger partial charge in [0, 0.05) is 19.2 Å². The lowest BCUT2D eigenvalue weighted by molar-refractivity contribution is -0.00954. The van der Waals surface area contributed by atoms with Crippen molar-refractivity contribution in [2.75, 3.05) is 6.61 Å². The predicted molar refractivity (Wildman–Crippen MR) is 78.9 cm³/mol. The fourth-order valence-corrected chi connectivity index (χ4v) is 3.62. The maximum atomic E-state index is 5.82. The molecule has 0 bridgehead atoms. The zero-order chi connectivity index (χ0) is 13.0. The van der Waals surface area contributed by atoms with Crippen molar-refractivity contribution in [3.8, 4) is 0 Å². The van der Waals surface area contributed by atoms with Crippen LogP contribution in [0.15, 0.2) is 10.1 Å². The summed E-state index contributed by atoms with van der Waals surface area (Å²) in [7, 11) is 0. The van der Waals surface area contributed by atoms with Gasteiger partial charge in [-0.15, -0.1) is 11.3 Å². The number of halogens is 1. The first-order chi connectivity index (χ1) is 8.65. The Morgan fingerprint density at radius 3 is 3.11 bits per heavy atom. The van der Waals surface area contributed by atoms with E-state index in [1.807, 2.05) is 5.51 Å². The summed E-state index contributed by atoms with van der Waals surface area (Å²) in [5, 5.41) is 3.63. The summed E-state index contributed by atoms with van der Waals surface area (Å²) < 4.78 is 6.80. The minimum absolute atomic E-state index is 0.432. The Labute approximate surface area is 121 Å². The summed E-state index contributed by atoms with van der Waals surface area (Å²) in [6.07, 6.45) is 3.85. The van der Waals surface area contributed by atoms with E-state index in [9.17, 15) is 0 Å². The van der Waals surface area contributed by atoms with E-state index in [0.29, 0.717) is 18.1 Å². The molecule has 2 heterocycles. The van der Waals surface area contributed by atoms with Crippen LogP contribution in [0.5, 0.6) is 0 Å². The molecule has 1 N–H and O–H groups in total. The van der Waals surface area contributed by atoms with Crippen molar-refractivity contribution < 1.29 is 4.74 Å². The topological polar surface area (TPSA) is 34.2 Å². The SMILES string of the molecule is CC(C)CC1CC(NCc2scnc2Br)CCO1. The van der Waals surface area contributed by atoms with Crippen molar-refractivity contribution in [3.05, 3.63) is 15.0 Å². The van der Waals surface area contributed by atoms with E-state index in [0.717, 1.165) is 30.6 Å². The van der Waals surface area contributed by atoms with Gasteiger partial charge in [0.1, 0.15) is 4.60 Å². The zero-order valence-electron chi connectivity index (χ0n) is 11.0. The molecule has 3 nitrogen and oxygen atoms in total. The van der Waals surface area contributed by atoms with Crippen molar-refractivity contribution in [2.24, 2.45) is 5.92 Å². The Kier molecular flexibility index (Phi) is 5.60. The summed E-state index contributed by atoms with van der Waals surface area (Å²) in [5.74, 6) is 0.712. The van der Waals surface area contributed by atoms with Gasteiger partial charge in [-0.3, -0.25) is 0 Å². The van der Waals surface area contributed by atoms with Crippen LogP contribution in [0.2, 0.25) is 0 Å². The average molecular weight is 333 g/mol. The van der Waals surface area contributed by atoms with Crippen LogP contribution < -0.4 is 5.32 Å². The summed E-state index contributed by atoms with van der Waals surface area (Å²) in [4.78, 5) is 5.48. The number of hydrogen-bond donors (Lipinski definition) is 1. The van der Waals surface area contributed by atoms with Gasteiger partial charge in [-0.1, -0.05) is 13.8 Å². The monoisotopic (exact) mass is 332 g/mol. The standard InChI is InChI=1S/C13H21BrN2OS/c1-9(2)5-11-6-10(3-4-17-11)15-7-12-13(14)16-8-18-12/h8-11,15H,3-7H2,1-2H3. The van der Waals surface area contributed by atoms with Crippen molar-refractivity contribution in [1.82, 2.24) is 10.3 Å². The molecule has 0 radical (unpaired) electrons. The number of nitrogens with one attached hydrogen (secondary N) is 1. The van der Waals surface area contributed by atoms with E-state index >= 15 is 0 Å². The van der Waals surface area contributed by atoms with E-state index in [1.165, 1.54) is 11.3 Å². The molecule has 0 saturated carbocycles. The van der Waals surface area contributed by atoms with Crippen LogP contribution >= 0.6 is 27.3 Å². The second kappa shape index (κ2) is 6.98. The van der Waals surface area contributed by atoms with E-state index in [-0.39, 0.29) is 0 Å². The van der Waals surface area contributed by atoms with Crippen LogP contribution in [0.4, 0.5) is 0 Å². The first-order valence-electron chi connectivity index (χ1n) is 6.58. The van der Waals surface area contributed by atoms with Crippen molar-refractivity contribution >= 4 is 27.3 Å². The van der Waals surface area contributed by atoms with Gasteiger partial charge < -0.3 is 10.1 Å². The maximum Gasteiger partial charge on any atom is 0.121 e. The fraction of sp³-hybridized carbons (Fsp3) is 0.769. The first-order valence-corrected chi connectivity index (χ1v) is 8.25. The van der Waals surface area contributed by atoms with Crippen molar-refractivity contribution in [1.29, 1.82) is 0 Å². The number of rotatable bonds is 5. The second-order valence-electron chi connectivity index (χ2n) is 5.29. The third kappa shape index (κ3) is 4.30. The quantitative estimate of drug-likeness (QED) is 0.894. The van der Waals surface area contributed by atoms with E-state index < -0.39 is 0 Å². The Hall–Kier alpha value is 0.0300. The summed E-state index contributed by atoms with van der Waals surface area (Å²) in [6, 6.07) is 0.580. The van der Waals surface area contributed by atoms with Crippen LogP contribution in [0.25, 0.3) is 0 Å². The van der Waals surface area contributed by atoms with Gasteiger partial charge in [-0.25, -0.2) is 4.98 Å². The molecule has 1 aliphatic heterocycles. The van der Waals surface area contributed by atoms with Gasteiger partial charge in [0.15, 0.2) is 0 Å². The average Bonchev–Trinajstić information content (AvgIpc) is 2.72. The molecular weight excluding hydrogens is 312 g/mol. The van der Waals surface area contributed by atoms with Gasteiger partial charge in [0.25, 0.3) is 0 Å². The number of ether oxygens (including phenoxy) is 1. The highest BCUT2D eigenvalue weighted by Gasteiger charge is 2.23. The molecule has 1 aliphatic rings. The summed E-state index contributed by atoms with van der Waals surface area (Å²) >= 11 is 5.17. The molecule has 2 atom stereocenters. The van der Waals surface area contributed by atoms with E-state index in [1.54, 1.807) is 11.3 Å². The van der Waals surface area contributed by atoms with Crippen LogP contribution in [0.1, 0.15) is 38.0 Å². The van der Waals surface area contributed by atoms with E-state index in [2.05, 4.69) is 40.1 Å². The lowest BCUT2D eigenvalue weighted by atomic mass is 9.96. The smallest absolute Gasteiger partial charge is 0.121 e. The first kappa shape index (κ1) is 14.4. The molecule has 0 aromatic carbocycles. The molecule has 2 rings (SSSR count). The molecule has 2 unspecified atom stereocenters.